The van der Waals surface area contributed by atoms with Gasteiger partial charge in [-0.15, -0.1) is 0 Å². The molecule has 0 saturated carbocycles. The van der Waals surface area contributed by atoms with Gasteiger partial charge in [0.25, 0.3) is 0 Å². The molecule has 10 aromatic rings. The van der Waals surface area contributed by atoms with E-state index in [-0.39, 0.29) is 0 Å². The minimum Gasteiger partial charge on any atom is -0.311 e. The Morgan fingerprint density at radius 1 is 0.308 bits per heavy atom. The average Bonchev–Trinajstić information content (AvgIpc) is 3.56. The first kappa shape index (κ1) is 30.0. The van der Waals surface area contributed by atoms with Gasteiger partial charge in [-0.1, -0.05) is 158 Å². The number of nitrogens with zero attached hydrogens (tertiary/aromatic N) is 2. The first-order chi connectivity index (χ1) is 25.8. The van der Waals surface area contributed by atoms with Crippen molar-refractivity contribution in [2.24, 2.45) is 0 Å². The van der Waals surface area contributed by atoms with Crippen molar-refractivity contribution in [1.29, 1.82) is 0 Å². The Morgan fingerprint density at radius 3 is 1.58 bits per heavy atom. The first-order valence-corrected chi connectivity index (χ1v) is 17.9. The fraction of sp³-hybridized carbons (Fsp3) is 0. The molecule has 0 amide bonds. The number of fused-ring (bicyclic) bond motifs is 6. The summed E-state index contributed by atoms with van der Waals surface area (Å²) in [6, 6.07) is 74.5. The average molecular weight is 663 g/mol. The van der Waals surface area contributed by atoms with Crippen LogP contribution >= 0.6 is 0 Å². The molecule has 0 aliphatic heterocycles. The number of hydrogen-bond donors (Lipinski definition) is 0. The zero-order valence-electron chi connectivity index (χ0n) is 28.5. The Labute approximate surface area is 303 Å². The lowest BCUT2D eigenvalue weighted by Gasteiger charge is -2.26. The van der Waals surface area contributed by atoms with Crippen LogP contribution in [-0.4, -0.2) is 4.57 Å². The normalized spacial score (nSPS) is 11.5. The Bertz CT molecular complexity index is 2870. The van der Waals surface area contributed by atoms with Gasteiger partial charge < -0.3 is 9.47 Å². The van der Waals surface area contributed by atoms with Gasteiger partial charge in [-0.05, 0) is 81.6 Å². The highest BCUT2D eigenvalue weighted by Gasteiger charge is 2.18. The van der Waals surface area contributed by atoms with E-state index < -0.39 is 0 Å². The maximum absolute atomic E-state index is 2.48. The summed E-state index contributed by atoms with van der Waals surface area (Å²) in [6.07, 6.45) is 0. The van der Waals surface area contributed by atoms with Crippen LogP contribution in [0.25, 0.3) is 71.3 Å². The third-order valence-corrected chi connectivity index (χ3v) is 10.4. The van der Waals surface area contributed by atoms with E-state index in [9.17, 15) is 0 Å². The van der Waals surface area contributed by atoms with E-state index >= 15 is 0 Å². The van der Waals surface area contributed by atoms with Crippen molar-refractivity contribution < 1.29 is 0 Å². The van der Waals surface area contributed by atoms with Crippen molar-refractivity contribution in [2.45, 2.75) is 0 Å². The molecule has 1 heterocycles. The molecule has 0 bridgehead atoms. The van der Waals surface area contributed by atoms with Crippen LogP contribution in [0.15, 0.2) is 206 Å². The molecule has 0 N–H and O–H groups in total. The quantitative estimate of drug-likeness (QED) is 0.172. The second kappa shape index (κ2) is 12.5. The third-order valence-electron chi connectivity index (χ3n) is 10.4. The molecule has 2 nitrogen and oxygen atoms in total. The Balaban J connectivity index is 1.09. The SMILES string of the molecule is c1ccc(-c2ccc(N(c3ccccc3)c3ccc(-c4ccc(-n5c6ccccc6c6ccc7ccccc7c65)c5ccccc45)cc3)cc2)cc1. The van der Waals surface area contributed by atoms with E-state index in [0.29, 0.717) is 0 Å². The van der Waals surface area contributed by atoms with Crippen LogP contribution in [0.5, 0.6) is 0 Å². The van der Waals surface area contributed by atoms with Crippen molar-refractivity contribution in [2.75, 3.05) is 4.90 Å². The molecule has 0 aliphatic rings. The summed E-state index contributed by atoms with van der Waals surface area (Å²) < 4.78 is 2.48. The molecule has 0 spiro atoms. The molecule has 1 aromatic heterocycles. The van der Waals surface area contributed by atoms with Crippen molar-refractivity contribution in [1.82, 2.24) is 4.57 Å². The molecule has 10 rings (SSSR count). The topological polar surface area (TPSA) is 8.17 Å². The summed E-state index contributed by atoms with van der Waals surface area (Å²) in [5.74, 6) is 0. The lowest BCUT2D eigenvalue weighted by Crippen LogP contribution is -2.09. The molecule has 0 aliphatic carbocycles. The summed E-state index contributed by atoms with van der Waals surface area (Å²) in [6.45, 7) is 0. The van der Waals surface area contributed by atoms with Crippen molar-refractivity contribution in [3.63, 3.8) is 0 Å². The summed E-state index contributed by atoms with van der Waals surface area (Å²) in [5.41, 5.74) is 11.8. The lowest BCUT2D eigenvalue weighted by atomic mass is 9.96. The monoisotopic (exact) mass is 662 g/mol. The fourth-order valence-electron chi connectivity index (χ4n) is 7.96. The minimum absolute atomic E-state index is 1.11. The summed E-state index contributed by atoms with van der Waals surface area (Å²) in [4.78, 5) is 2.33. The molecule has 0 saturated heterocycles. The van der Waals surface area contributed by atoms with E-state index in [1.54, 1.807) is 0 Å². The largest absolute Gasteiger partial charge is 0.311 e. The van der Waals surface area contributed by atoms with Crippen molar-refractivity contribution in [3.8, 4) is 27.9 Å². The number of para-hydroxylation sites is 2. The van der Waals surface area contributed by atoms with Gasteiger partial charge in [0.15, 0.2) is 0 Å². The van der Waals surface area contributed by atoms with Gasteiger partial charge in [-0.2, -0.15) is 0 Å². The van der Waals surface area contributed by atoms with Crippen LogP contribution in [-0.2, 0) is 0 Å². The van der Waals surface area contributed by atoms with Crippen LogP contribution in [0.3, 0.4) is 0 Å². The van der Waals surface area contributed by atoms with Crippen LogP contribution in [0.2, 0.25) is 0 Å². The number of anilines is 3. The minimum atomic E-state index is 1.11. The highest BCUT2D eigenvalue weighted by molar-refractivity contribution is 6.19. The number of hydrogen-bond acceptors (Lipinski definition) is 1. The summed E-state index contributed by atoms with van der Waals surface area (Å²) in [5, 5.41) is 7.51. The maximum atomic E-state index is 2.48. The summed E-state index contributed by atoms with van der Waals surface area (Å²) in [7, 11) is 0. The Hall–Kier alpha value is -6.90. The first-order valence-electron chi connectivity index (χ1n) is 17.9. The zero-order valence-corrected chi connectivity index (χ0v) is 28.5. The van der Waals surface area contributed by atoms with Crippen LogP contribution < -0.4 is 4.90 Å². The van der Waals surface area contributed by atoms with Gasteiger partial charge in [-0.3, -0.25) is 0 Å². The number of rotatable bonds is 6. The number of aromatic nitrogens is 1. The van der Waals surface area contributed by atoms with E-state index in [1.807, 2.05) is 0 Å². The van der Waals surface area contributed by atoms with Crippen LogP contribution in [0.1, 0.15) is 0 Å². The third kappa shape index (κ3) is 4.96. The predicted octanol–water partition coefficient (Wildman–Crippen LogP) is 13.9. The highest BCUT2D eigenvalue weighted by atomic mass is 15.1. The maximum Gasteiger partial charge on any atom is 0.0619 e. The molecule has 0 unspecified atom stereocenters. The molecular formula is C50H34N2. The smallest absolute Gasteiger partial charge is 0.0619 e. The molecule has 9 aromatic carbocycles. The molecular weight excluding hydrogens is 629 g/mol. The standard InChI is InChI=1S/C50H34N2/c1-3-13-35(14-4-1)36-23-28-40(29-24-36)51(39-16-5-2-6-17-39)41-30-25-38(26-31-41)42-33-34-49(45-20-10-9-19-44(42)45)52-48-22-12-11-21-46(48)47-32-27-37-15-7-8-18-43(37)50(47)52/h1-34H. The molecule has 0 radical (unpaired) electrons. The second-order valence-corrected chi connectivity index (χ2v) is 13.3. The number of benzene rings is 9. The van der Waals surface area contributed by atoms with E-state index in [1.165, 1.54) is 71.3 Å². The molecule has 52 heavy (non-hydrogen) atoms. The molecule has 0 atom stereocenters. The van der Waals surface area contributed by atoms with E-state index in [2.05, 4.69) is 216 Å². The van der Waals surface area contributed by atoms with Crippen molar-refractivity contribution in [3.05, 3.63) is 206 Å². The highest BCUT2D eigenvalue weighted by Crippen LogP contribution is 2.41. The van der Waals surface area contributed by atoms with Gasteiger partial charge >= 0.3 is 0 Å². The molecule has 244 valence electrons. The second-order valence-electron chi connectivity index (χ2n) is 13.3. The van der Waals surface area contributed by atoms with Gasteiger partial charge in [0, 0.05) is 38.6 Å². The van der Waals surface area contributed by atoms with Gasteiger partial charge in [0.05, 0.1) is 16.7 Å². The van der Waals surface area contributed by atoms with Crippen LogP contribution in [0, 0.1) is 0 Å². The van der Waals surface area contributed by atoms with E-state index in [4.69, 9.17) is 0 Å². The summed E-state index contributed by atoms with van der Waals surface area (Å²) >= 11 is 0. The van der Waals surface area contributed by atoms with Gasteiger partial charge in [0.1, 0.15) is 0 Å². The van der Waals surface area contributed by atoms with Crippen LogP contribution in [0.4, 0.5) is 17.1 Å². The van der Waals surface area contributed by atoms with Gasteiger partial charge in [0.2, 0.25) is 0 Å². The Kier molecular flexibility index (Phi) is 7.18. The predicted molar refractivity (Wildman–Crippen MR) is 221 cm³/mol. The van der Waals surface area contributed by atoms with E-state index in [0.717, 1.165) is 17.1 Å². The zero-order chi connectivity index (χ0) is 34.4. The fourth-order valence-corrected chi connectivity index (χ4v) is 7.96. The van der Waals surface area contributed by atoms with Gasteiger partial charge in [-0.25, -0.2) is 0 Å². The molecule has 0 fully saturated rings. The lowest BCUT2D eigenvalue weighted by molar-refractivity contribution is 1.20. The van der Waals surface area contributed by atoms with Crippen molar-refractivity contribution >= 4 is 60.4 Å². The molecule has 2 heteroatoms. The Morgan fingerprint density at radius 2 is 0.846 bits per heavy atom.